The minimum absolute atomic E-state index is 0.0675. The lowest BCUT2D eigenvalue weighted by atomic mass is 10.1. The van der Waals surface area contributed by atoms with Crippen molar-refractivity contribution in [1.82, 2.24) is 4.98 Å². The van der Waals surface area contributed by atoms with Crippen molar-refractivity contribution in [2.75, 3.05) is 0 Å². The molecule has 0 atom stereocenters. The topological polar surface area (TPSA) is 30.0 Å². The molecule has 2 aromatic rings. The molecule has 92 valence electrons. The summed E-state index contributed by atoms with van der Waals surface area (Å²) in [4.78, 5) is 16.0. The smallest absolute Gasteiger partial charge is 0.143 e. The summed E-state index contributed by atoms with van der Waals surface area (Å²) in [5, 5.41) is 1.15. The maximum Gasteiger partial charge on any atom is 0.143 e. The number of halogens is 2. The molecule has 0 aliphatic carbocycles. The first-order chi connectivity index (χ1) is 8.65. The summed E-state index contributed by atoms with van der Waals surface area (Å²) in [6, 6.07) is 10.6. The van der Waals surface area contributed by atoms with E-state index in [0.717, 1.165) is 11.3 Å². The van der Waals surface area contributed by atoms with E-state index in [0.29, 0.717) is 16.5 Å². The molecule has 0 N–H and O–H groups in total. The molecular weight excluding hydrogens is 269 g/mol. The van der Waals surface area contributed by atoms with Crippen LogP contribution in [-0.4, -0.2) is 10.8 Å². The van der Waals surface area contributed by atoms with Crippen molar-refractivity contribution < 1.29 is 4.79 Å². The second-order valence-electron chi connectivity index (χ2n) is 3.95. The molecule has 0 unspecified atom stereocenters. The number of carbonyl (C=O) groups is 1. The van der Waals surface area contributed by atoms with Gasteiger partial charge in [0.15, 0.2) is 0 Å². The van der Waals surface area contributed by atoms with Crippen LogP contribution in [0.4, 0.5) is 0 Å². The maximum absolute atomic E-state index is 11.9. The summed E-state index contributed by atoms with van der Waals surface area (Å²) in [6.45, 7) is 0. The van der Waals surface area contributed by atoms with Crippen molar-refractivity contribution in [1.29, 1.82) is 0 Å². The number of rotatable bonds is 4. The predicted octanol–water partition coefficient (Wildman–Crippen LogP) is 3.74. The van der Waals surface area contributed by atoms with Crippen molar-refractivity contribution in [2.24, 2.45) is 0 Å². The number of hydrogen-bond acceptors (Lipinski definition) is 2. The normalized spacial score (nSPS) is 10.3. The van der Waals surface area contributed by atoms with Crippen molar-refractivity contribution in [3.8, 4) is 0 Å². The summed E-state index contributed by atoms with van der Waals surface area (Å²) in [5.74, 6) is 0.0675. The van der Waals surface area contributed by atoms with Gasteiger partial charge in [0.25, 0.3) is 0 Å². The van der Waals surface area contributed by atoms with Crippen molar-refractivity contribution in [2.45, 2.75) is 12.8 Å². The molecule has 0 amide bonds. The Hall–Kier alpha value is -1.38. The van der Waals surface area contributed by atoms with Gasteiger partial charge in [-0.15, -0.1) is 0 Å². The Balaban J connectivity index is 2.05. The molecule has 0 fully saturated rings. The van der Waals surface area contributed by atoms with Gasteiger partial charge in [-0.1, -0.05) is 29.3 Å². The number of benzene rings is 1. The second-order valence-corrected chi connectivity index (χ2v) is 4.79. The highest BCUT2D eigenvalue weighted by Gasteiger charge is 2.09. The molecule has 1 aromatic carbocycles. The maximum atomic E-state index is 11.9. The highest BCUT2D eigenvalue weighted by Crippen LogP contribution is 2.21. The quantitative estimate of drug-likeness (QED) is 0.853. The molecule has 0 spiro atoms. The largest absolute Gasteiger partial charge is 0.299 e. The van der Waals surface area contributed by atoms with E-state index < -0.39 is 0 Å². The van der Waals surface area contributed by atoms with E-state index in [4.69, 9.17) is 23.2 Å². The third kappa shape index (κ3) is 3.56. The summed E-state index contributed by atoms with van der Waals surface area (Å²) < 4.78 is 0. The highest BCUT2D eigenvalue weighted by atomic mass is 35.5. The number of aromatic nitrogens is 1. The molecule has 2 nitrogen and oxygen atoms in total. The zero-order valence-electron chi connectivity index (χ0n) is 9.57. The molecule has 0 aliphatic rings. The zero-order valence-corrected chi connectivity index (χ0v) is 11.1. The first-order valence-electron chi connectivity index (χ1n) is 5.50. The van der Waals surface area contributed by atoms with E-state index in [1.54, 1.807) is 24.4 Å². The molecule has 0 radical (unpaired) electrons. The Morgan fingerprint density at radius 3 is 2.67 bits per heavy atom. The van der Waals surface area contributed by atoms with Crippen LogP contribution in [-0.2, 0) is 17.6 Å². The number of Topliss-reactive ketones (excluding diaryl/α,β-unsaturated/α-hetero) is 1. The van der Waals surface area contributed by atoms with E-state index >= 15 is 0 Å². The van der Waals surface area contributed by atoms with Gasteiger partial charge in [0.2, 0.25) is 0 Å². The molecular formula is C14H11Cl2NO. The molecule has 2 rings (SSSR count). The van der Waals surface area contributed by atoms with Gasteiger partial charge in [-0.05, 0) is 35.9 Å². The van der Waals surface area contributed by atoms with Gasteiger partial charge in [-0.2, -0.15) is 0 Å². The van der Waals surface area contributed by atoms with E-state index in [9.17, 15) is 4.79 Å². The number of hydrogen-bond donors (Lipinski definition) is 0. The van der Waals surface area contributed by atoms with Gasteiger partial charge in [-0.3, -0.25) is 9.78 Å². The SMILES string of the molecule is O=C(Cc1ccccn1)Cc1cc(Cl)ccc1Cl. The standard InChI is InChI=1S/C14H11Cl2NO/c15-11-4-5-14(16)10(7-11)8-13(18)9-12-3-1-2-6-17-12/h1-7H,8-9H2. The summed E-state index contributed by atoms with van der Waals surface area (Å²) in [6.07, 6.45) is 2.26. The van der Waals surface area contributed by atoms with E-state index in [1.165, 1.54) is 0 Å². The fraction of sp³-hybridized carbons (Fsp3) is 0.143. The first kappa shape index (κ1) is 13.1. The molecule has 0 saturated carbocycles. The van der Waals surface area contributed by atoms with Crippen LogP contribution in [0.5, 0.6) is 0 Å². The Labute approximate surface area is 116 Å². The van der Waals surface area contributed by atoms with Gasteiger partial charge in [0.1, 0.15) is 5.78 Å². The molecule has 0 saturated heterocycles. The van der Waals surface area contributed by atoms with Gasteiger partial charge < -0.3 is 0 Å². The predicted molar refractivity (Wildman–Crippen MR) is 73.1 cm³/mol. The second kappa shape index (κ2) is 5.98. The molecule has 0 aliphatic heterocycles. The number of pyridine rings is 1. The van der Waals surface area contributed by atoms with Crippen molar-refractivity contribution in [3.05, 3.63) is 63.9 Å². The van der Waals surface area contributed by atoms with Crippen LogP contribution >= 0.6 is 23.2 Å². The minimum atomic E-state index is 0.0675. The van der Waals surface area contributed by atoms with Gasteiger partial charge >= 0.3 is 0 Å². The Morgan fingerprint density at radius 1 is 1.11 bits per heavy atom. The van der Waals surface area contributed by atoms with Crippen LogP contribution in [0.2, 0.25) is 10.0 Å². The summed E-state index contributed by atoms with van der Waals surface area (Å²) in [7, 11) is 0. The Kier molecular flexibility index (Phi) is 4.34. The fourth-order valence-corrected chi connectivity index (χ4v) is 2.04. The summed E-state index contributed by atoms with van der Waals surface area (Å²) in [5.41, 5.74) is 1.52. The monoisotopic (exact) mass is 279 g/mol. The van der Waals surface area contributed by atoms with Crippen molar-refractivity contribution >= 4 is 29.0 Å². The lowest BCUT2D eigenvalue weighted by Crippen LogP contribution is -2.08. The van der Waals surface area contributed by atoms with Gasteiger partial charge in [0.05, 0.1) is 0 Å². The third-order valence-electron chi connectivity index (χ3n) is 2.50. The van der Waals surface area contributed by atoms with Gasteiger partial charge in [-0.25, -0.2) is 0 Å². The number of ketones is 1. The molecule has 18 heavy (non-hydrogen) atoms. The average Bonchev–Trinajstić information content (AvgIpc) is 2.35. The highest BCUT2D eigenvalue weighted by molar-refractivity contribution is 6.33. The van der Waals surface area contributed by atoms with Crippen LogP contribution in [0.25, 0.3) is 0 Å². The van der Waals surface area contributed by atoms with E-state index in [1.807, 2.05) is 18.2 Å². The molecule has 1 aromatic heterocycles. The van der Waals surface area contributed by atoms with E-state index in [2.05, 4.69) is 4.98 Å². The third-order valence-corrected chi connectivity index (χ3v) is 3.10. The Morgan fingerprint density at radius 2 is 1.94 bits per heavy atom. The lowest BCUT2D eigenvalue weighted by Gasteiger charge is -2.04. The fourth-order valence-electron chi connectivity index (χ4n) is 1.66. The van der Waals surface area contributed by atoms with Crippen LogP contribution in [0.1, 0.15) is 11.3 Å². The number of carbonyl (C=O) groups excluding carboxylic acids is 1. The number of nitrogens with zero attached hydrogens (tertiary/aromatic N) is 1. The molecule has 4 heteroatoms. The van der Waals surface area contributed by atoms with Gasteiger partial charge in [0, 0.05) is 34.8 Å². The molecule has 1 heterocycles. The van der Waals surface area contributed by atoms with E-state index in [-0.39, 0.29) is 12.2 Å². The zero-order chi connectivity index (χ0) is 13.0. The average molecular weight is 280 g/mol. The van der Waals surface area contributed by atoms with Crippen LogP contribution < -0.4 is 0 Å². The minimum Gasteiger partial charge on any atom is -0.299 e. The molecule has 0 bridgehead atoms. The van der Waals surface area contributed by atoms with Crippen LogP contribution in [0.3, 0.4) is 0 Å². The van der Waals surface area contributed by atoms with Crippen LogP contribution in [0, 0.1) is 0 Å². The lowest BCUT2D eigenvalue weighted by molar-refractivity contribution is -0.117. The van der Waals surface area contributed by atoms with Crippen molar-refractivity contribution in [3.63, 3.8) is 0 Å². The Bertz CT molecular complexity index is 555. The first-order valence-corrected chi connectivity index (χ1v) is 6.26. The van der Waals surface area contributed by atoms with Crippen LogP contribution in [0.15, 0.2) is 42.6 Å². The summed E-state index contributed by atoms with van der Waals surface area (Å²) >= 11 is 11.9.